The molecule has 2 amide bonds. The molecule has 0 spiro atoms. The smallest absolute Gasteiger partial charge is 0.233 e. The molecule has 1 N–H and O–H groups in total. The molecule has 0 aliphatic carbocycles. The lowest BCUT2D eigenvalue weighted by molar-refractivity contribution is -0.140. The highest BCUT2D eigenvalue weighted by molar-refractivity contribution is 6.05. The minimum atomic E-state index is -0.284. The molecule has 0 radical (unpaired) electrons. The van der Waals surface area contributed by atoms with Gasteiger partial charge in [0.15, 0.2) is 0 Å². The Balaban J connectivity index is 2.16. The highest BCUT2D eigenvalue weighted by Crippen LogP contribution is 2.34. The fraction of sp³-hybridized carbons (Fsp3) is 0.529. The fourth-order valence-electron chi connectivity index (χ4n) is 3.01. The number of imide groups is 1. The monoisotopic (exact) mass is 289 g/mol. The second kappa shape index (κ2) is 6.85. The summed E-state index contributed by atoms with van der Waals surface area (Å²) in [7, 11) is 0. The molecule has 4 heteroatoms. The van der Waals surface area contributed by atoms with Gasteiger partial charge in [0, 0.05) is 12.5 Å². The standard InChI is InChI=1S/C17H23NO3/c1-3-14-15(9-12(2)11-19)17(21)18(16(14)20)10-13-7-5-4-6-8-13/h4-8,12,14-15,19H,3,9-11H2,1-2H3/t12?,14-,15-/m0/s1. The molecule has 1 heterocycles. The van der Waals surface area contributed by atoms with Crippen LogP contribution in [0.5, 0.6) is 0 Å². The van der Waals surface area contributed by atoms with Crippen molar-refractivity contribution in [2.24, 2.45) is 17.8 Å². The SMILES string of the molecule is CC[C@@H]1C(=O)N(Cc2ccccc2)C(=O)[C@H]1CC(C)CO. The van der Waals surface area contributed by atoms with Gasteiger partial charge in [-0.1, -0.05) is 44.2 Å². The van der Waals surface area contributed by atoms with Gasteiger partial charge in [0.05, 0.1) is 12.5 Å². The Bertz CT molecular complexity index is 500. The molecule has 2 rings (SSSR count). The van der Waals surface area contributed by atoms with Gasteiger partial charge < -0.3 is 5.11 Å². The predicted octanol–water partition coefficient (Wildman–Crippen LogP) is 2.22. The van der Waals surface area contributed by atoms with Crippen LogP contribution in [0.1, 0.15) is 32.3 Å². The largest absolute Gasteiger partial charge is 0.396 e. The van der Waals surface area contributed by atoms with Gasteiger partial charge in [-0.3, -0.25) is 14.5 Å². The second-order valence-corrected chi connectivity index (χ2v) is 5.89. The molecule has 3 atom stereocenters. The van der Waals surface area contributed by atoms with Gasteiger partial charge in [-0.25, -0.2) is 0 Å². The average Bonchev–Trinajstić information content (AvgIpc) is 2.72. The van der Waals surface area contributed by atoms with Gasteiger partial charge in [-0.05, 0) is 24.3 Å². The maximum absolute atomic E-state index is 12.6. The maximum Gasteiger partial charge on any atom is 0.233 e. The number of rotatable bonds is 6. The van der Waals surface area contributed by atoms with E-state index in [2.05, 4.69) is 0 Å². The minimum Gasteiger partial charge on any atom is -0.396 e. The number of aliphatic hydroxyl groups excluding tert-OH is 1. The number of nitrogens with zero attached hydrogens (tertiary/aromatic N) is 1. The van der Waals surface area contributed by atoms with E-state index in [1.807, 2.05) is 44.2 Å². The third-order valence-electron chi connectivity index (χ3n) is 4.24. The van der Waals surface area contributed by atoms with E-state index in [-0.39, 0.29) is 36.2 Å². The van der Waals surface area contributed by atoms with Crippen molar-refractivity contribution in [3.05, 3.63) is 35.9 Å². The van der Waals surface area contributed by atoms with E-state index in [1.54, 1.807) is 0 Å². The minimum absolute atomic E-state index is 0.0393. The second-order valence-electron chi connectivity index (χ2n) is 5.89. The van der Waals surface area contributed by atoms with Crippen molar-refractivity contribution in [1.29, 1.82) is 0 Å². The first-order valence-corrected chi connectivity index (χ1v) is 7.58. The predicted molar refractivity (Wildman–Crippen MR) is 80.1 cm³/mol. The number of likely N-dealkylation sites (tertiary alicyclic amines) is 1. The highest BCUT2D eigenvalue weighted by atomic mass is 16.3. The molecule has 1 aromatic carbocycles. The van der Waals surface area contributed by atoms with Crippen LogP contribution in [0, 0.1) is 17.8 Å². The first-order chi connectivity index (χ1) is 10.1. The van der Waals surface area contributed by atoms with E-state index >= 15 is 0 Å². The van der Waals surface area contributed by atoms with Crippen LogP contribution in [-0.4, -0.2) is 28.4 Å². The van der Waals surface area contributed by atoms with Crippen LogP contribution >= 0.6 is 0 Å². The molecular formula is C17H23NO3. The molecule has 0 saturated carbocycles. The number of carbonyl (C=O) groups excluding carboxylic acids is 2. The average molecular weight is 289 g/mol. The number of hydrogen-bond donors (Lipinski definition) is 1. The number of amides is 2. The Hall–Kier alpha value is -1.68. The zero-order chi connectivity index (χ0) is 15.4. The van der Waals surface area contributed by atoms with Gasteiger partial charge in [-0.15, -0.1) is 0 Å². The quantitative estimate of drug-likeness (QED) is 0.817. The molecular weight excluding hydrogens is 266 g/mol. The summed E-state index contributed by atoms with van der Waals surface area (Å²) >= 11 is 0. The zero-order valence-corrected chi connectivity index (χ0v) is 12.7. The molecule has 0 bridgehead atoms. The van der Waals surface area contributed by atoms with Crippen LogP contribution in [0.4, 0.5) is 0 Å². The summed E-state index contributed by atoms with van der Waals surface area (Å²) < 4.78 is 0. The van der Waals surface area contributed by atoms with E-state index in [1.165, 1.54) is 4.90 Å². The van der Waals surface area contributed by atoms with Crippen LogP contribution in [0.2, 0.25) is 0 Å². The molecule has 21 heavy (non-hydrogen) atoms. The Morgan fingerprint density at radius 3 is 2.33 bits per heavy atom. The fourth-order valence-corrected chi connectivity index (χ4v) is 3.01. The summed E-state index contributed by atoms with van der Waals surface area (Å²) in [6.45, 7) is 4.24. The van der Waals surface area contributed by atoms with E-state index in [9.17, 15) is 14.7 Å². The highest BCUT2D eigenvalue weighted by Gasteiger charge is 2.46. The number of carbonyl (C=O) groups is 2. The summed E-state index contributed by atoms with van der Waals surface area (Å²) in [6.07, 6.45) is 1.24. The lowest BCUT2D eigenvalue weighted by atomic mass is 9.85. The van der Waals surface area contributed by atoms with Gasteiger partial charge in [0.1, 0.15) is 0 Å². The number of benzene rings is 1. The first-order valence-electron chi connectivity index (χ1n) is 7.58. The summed E-state index contributed by atoms with van der Waals surface area (Å²) in [5.74, 6) is -0.640. The van der Waals surface area contributed by atoms with Crippen LogP contribution < -0.4 is 0 Å². The third-order valence-corrected chi connectivity index (χ3v) is 4.24. The Morgan fingerprint density at radius 1 is 1.14 bits per heavy atom. The lowest BCUT2D eigenvalue weighted by Gasteiger charge is -2.17. The Kier molecular flexibility index (Phi) is 5.12. The van der Waals surface area contributed by atoms with Crippen molar-refractivity contribution < 1.29 is 14.7 Å². The van der Waals surface area contributed by atoms with Crippen LogP contribution in [0.3, 0.4) is 0 Å². The van der Waals surface area contributed by atoms with Crippen molar-refractivity contribution in [1.82, 2.24) is 4.90 Å². The Morgan fingerprint density at radius 2 is 1.76 bits per heavy atom. The summed E-state index contributed by atoms with van der Waals surface area (Å²) in [6, 6.07) is 9.57. The van der Waals surface area contributed by atoms with E-state index in [0.29, 0.717) is 19.4 Å². The molecule has 1 aliphatic rings. The van der Waals surface area contributed by atoms with Crippen LogP contribution in [0.15, 0.2) is 30.3 Å². The third kappa shape index (κ3) is 3.32. The molecule has 1 fully saturated rings. The van der Waals surface area contributed by atoms with E-state index < -0.39 is 0 Å². The van der Waals surface area contributed by atoms with Gasteiger partial charge in [0.2, 0.25) is 11.8 Å². The topological polar surface area (TPSA) is 57.6 Å². The van der Waals surface area contributed by atoms with Crippen LogP contribution in [-0.2, 0) is 16.1 Å². The number of aliphatic hydroxyl groups is 1. The summed E-state index contributed by atoms with van der Waals surface area (Å²) in [4.78, 5) is 26.4. The molecule has 1 unspecified atom stereocenters. The van der Waals surface area contributed by atoms with E-state index in [0.717, 1.165) is 5.56 Å². The van der Waals surface area contributed by atoms with Crippen molar-refractivity contribution in [2.45, 2.75) is 33.2 Å². The first kappa shape index (κ1) is 15.7. The van der Waals surface area contributed by atoms with Crippen molar-refractivity contribution in [3.8, 4) is 0 Å². The Labute approximate surface area is 125 Å². The van der Waals surface area contributed by atoms with Crippen molar-refractivity contribution in [2.75, 3.05) is 6.61 Å². The molecule has 1 aromatic rings. The van der Waals surface area contributed by atoms with Crippen molar-refractivity contribution in [3.63, 3.8) is 0 Å². The molecule has 1 aliphatic heterocycles. The van der Waals surface area contributed by atoms with Gasteiger partial charge >= 0.3 is 0 Å². The zero-order valence-electron chi connectivity index (χ0n) is 12.7. The van der Waals surface area contributed by atoms with Gasteiger partial charge in [-0.2, -0.15) is 0 Å². The summed E-state index contributed by atoms with van der Waals surface area (Å²) in [5, 5.41) is 9.20. The van der Waals surface area contributed by atoms with E-state index in [4.69, 9.17) is 0 Å². The molecule has 4 nitrogen and oxygen atoms in total. The normalized spacial score (nSPS) is 23.7. The van der Waals surface area contributed by atoms with Gasteiger partial charge in [0.25, 0.3) is 0 Å². The summed E-state index contributed by atoms with van der Waals surface area (Å²) in [5.41, 5.74) is 0.963. The van der Waals surface area contributed by atoms with Crippen molar-refractivity contribution >= 4 is 11.8 Å². The van der Waals surface area contributed by atoms with Crippen LogP contribution in [0.25, 0.3) is 0 Å². The molecule has 1 saturated heterocycles. The molecule has 0 aromatic heterocycles. The lowest BCUT2D eigenvalue weighted by Crippen LogP contribution is -2.30. The molecule has 114 valence electrons. The maximum atomic E-state index is 12.6. The number of hydrogen-bond acceptors (Lipinski definition) is 3.